The van der Waals surface area contributed by atoms with Gasteiger partial charge in [-0.3, -0.25) is 0 Å². The Morgan fingerprint density at radius 1 is 0.941 bits per heavy atom. The van der Waals surface area contributed by atoms with Crippen LogP contribution in [0, 0.1) is 18.6 Å². The van der Waals surface area contributed by atoms with Crippen LogP contribution in [-0.4, -0.2) is 32.0 Å². The van der Waals surface area contributed by atoms with Crippen molar-refractivity contribution in [1.29, 1.82) is 0 Å². The maximum atomic E-state index is 13.5. The summed E-state index contributed by atoms with van der Waals surface area (Å²) in [5.74, 6) is 0.00807. The van der Waals surface area contributed by atoms with Crippen LogP contribution >= 0.6 is 0 Å². The zero-order valence-electron chi connectivity index (χ0n) is 18.2. The lowest BCUT2D eigenvalue weighted by Gasteiger charge is -2.13. The van der Waals surface area contributed by atoms with Gasteiger partial charge in [0.25, 0.3) is 0 Å². The number of nitrogens with zero attached hydrogens (tertiary/aromatic N) is 4. The number of imidazole rings is 1. The predicted molar refractivity (Wildman–Crippen MR) is 125 cm³/mol. The van der Waals surface area contributed by atoms with Crippen molar-refractivity contribution >= 4 is 28.6 Å². The first-order valence-electron chi connectivity index (χ1n) is 10.4. The highest BCUT2D eigenvalue weighted by Gasteiger charge is 2.13. The Hall–Kier alpha value is -4.60. The molecule has 0 saturated heterocycles. The Labute approximate surface area is 193 Å². The molecular formula is C24H19F2N7O. The van der Waals surface area contributed by atoms with E-state index < -0.39 is 11.6 Å². The van der Waals surface area contributed by atoms with Gasteiger partial charge in [0.1, 0.15) is 5.75 Å². The molecule has 2 aromatic carbocycles. The molecule has 8 nitrogen and oxygen atoms in total. The molecular weight excluding hydrogens is 440 g/mol. The molecule has 5 rings (SSSR count). The van der Waals surface area contributed by atoms with Crippen molar-refractivity contribution < 1.29 is 13.5 Å². The molecule has 3 heterocycles. The van der Waals surface area contributed by atoms with Gasteiger partial charge in [-0.2, -0.15) is 0 Å². The lowest BCUT2D eigenvalue weighted by molar-refractivity contribution is 0.461. The Balaban J connectivity index is 1.39. The fourth-order valence-electron chi connectivity index (χ4n) is 3.44. The molecule has 0 bridgehead atoms. The summed E-state index contributed by atoms with van der Waals surface area (Å²) in [4.78, 5) is 20.2. The van der Waals surface area contributed by atoms with Gasteiger partial charge in [0.15, 0.2) is 11.6 Å². The third kappa shape index (κ3) is 4.20. The average molecular weight is 459 g/mol. The van der Waals surface area contributed by atoms with E-state index in [1.807, 2.05) is 31.2 Å². The normalized spacial score (nSPS) is 10.9. The van der Waals surface area contributed by atoms with Crippen LogP contribution in [0.2, 0.25) is 0 Å². The van der Waals surface area contributed by atoms with Crippen LogP contribution in [0.3, 0.4) is 0 Å². The first-order valence-corrected chi connectivity index (χ1v) is 10.4. The van der Waals surface area contributed by atoms with Crippen molar-refractivity contribution in [2.45, 2.75) is 6.92 Å². The highest BCUT2D eigenvalue weighted by molar-refractivity contribution is 5.78. The number of halogens is 2. The number of hydrogen-bond donors (Lipinski definition) is 3. The minimum Gasteiger partial charge on any atom is -0.438 e. The van der Waals surface area contributed by atoms with Crippen molar-refractivity contribution in [1.82, 2.24) is 24.9 Å². The van der Waals surface area contributed by atoms with Crippen molar-refractivity contribution in [2.24, 2.45) is 0 Å². The average Bonchev–Trinajstić information content (AvgIpc) is 3.22. The summed E-state index contributed by atoms with van der Waals surface area (Å²) in [6.07, 6.45) is 3.31. The Kier molecular flexibility index (Phi) is 5.46. The number of aromatic nitrogens is 5. The van der Waals surface area contributed by atoms with Crippen LogP contribution in [0.15, 0.2) is 60.9 Å². The van der Waals surface area contributed by atoms with Gasteiger partial charge in [-0.15, -0.1) is 0 Å². The fourth-order valence-corrected chi connectivity index (χ4v) is 3.44. The molecule has 170 valence electrons. The second-order valence-corrected chi connectivity index (χ2v) is 7.45. The SMILES string of the molecule is CNc1nccc(-c2cccnc2Oc2ccc(Nc3nc4cc(F)c(F)cc4[nH]3)cc2C)n1. The molecule has 0 atom stereocenters. The minimum absolute atomic E-state index is 0.326. The van der Waals surface area contributed by atoms with E-state index in [1.54, 1.807) is 31.6 Å². The first kappa shape index (κ1) is 21.3. The summed E-state index contributed by atoms with van der Waals surface area (Å²) in [5.41, 5.74) is 3.69. The van der Waals surface area contributed by atoms with E-state index in [0.29, 0.717) is 40.3 Å². The van der Waals surface area contributed by atoms with Gasteiger partial charge < -0.3 is 20.4 Å². The topological polar surface area (TPSA) is 101 Å². The molecule has 5 aromatic rings. The number of aromatic amines is 1. The smallest absolute Gasteiger partial charge is 0.228 e. The van der Waals surface area contributed by atoms with Crippen LogP contribution in [0.5, 0.6) is 11.6 Å². The zero-order chi connectivity index (χ0) is 23.7. The van der Waals surface area contributed by atoms with E-state index in [4.69, 9.17) is 4.74 Å². The van der Waals surface area contributed by atoms with Crippen molar-refractivity contribution in [3.63, 3.8) is 0 Å². The fraction of sp³-hybridized carbons (Fsp3) is 0.0833. The summed E-state index contributed by atoms with van der Waals surface area (Å²) in [5, 5.41) is 6.03. The first-order chi connectivity index (χ1) is 16.5. The van der Waals surface area contributed by atoms with Gasteiger partial charge >= 0.3 is 0 Å². The number of anilines is 3. The molecule has 0 saturated carbocycles. The number of aryl methyl sites for hydroxylation is 1. The van der Waals surface area contributed by atoms with Gasteiger partial charge in [-0.05, 0) is 48.9 Å². The third-order valence-electron chi connectivity index (χ3n) is 5.09. The molecule has 0 aliphatic rings. The van der Waals surface area contributed by atoms with Gasteiger partial charge in [-0.25, -0.2) is 28.7 Å². The van der Waals surface area contributed by atoms with Crippen LogP contribution in [0.25, 0.3) is 22.3 Å². The quantitative estimate of drug-likeness (QED) is 0.305. The van der Waals surface area contributed by atoms with Gasteiger partial charge in [-0.1, -0.05) is 0 Å². The lowest BCUT2D eigenvalue weighted by atomic mass is 10.2. The molecule has 10 heteroatoms. The Bertz CT molecular complexity index is 1460. The Morgan fingerprint density at radius 3 is 2.62 bits per heavy atom. The summed E-state index contributed by atoms with van der Waals surface area (Å²) in [6, 6.07) is 13.1. The number of nitrogens with one attached hydrogen (secondary N) is 3. The van der Waals surface area contributed by atoms with Gasteiger partial charge in [0.2, 0.25) is 17.8 Å². The summed E-state index contributed by atoms with van der Waals surface area (Å²) in [7, 11) is 1.75. The molecule has 34 heavy (non-hydrogen) atoms. The van der Waals surface area contributed by atoms with Crippen LogP contribution in [-0.2, 0) is 0 Å². The number of fused-ring (bicyclic) bond motifs is 1. The third-order valence-corrected chi connectivity index (χ3v) is 5.09. The highest BCUT2D eigenvalue weighted by Crippen LogP contribution is 2.33. The van der Waals surface area contributed by atoms with Crippen molar-refractivity contribution in [3.05, 3.63) is 78.1 Å². The van der Waals surface area contributed by atoms with Crippen LogP contribution in [0.4, 0.5) is 26.4 Å². The van der Waals surface area contributed by atoms with Gasteiger partial charge in [0.05, 0.1) is 22.3 Å². The molecule has 0 aliphatic carbocycles. The van der Waals surface area contributed by atoms with E-state index in [0.717, 1.165) is 28.9 Å². The maximum absolute atomic E-state index is 13.5. The number of H-pyrrole nitrogens is 1. The number of pyridine rings is 1. The second-order valence-electron chi connectivity index (χ2n) is 7.45. The molecule has 3 N–H and O–H groups in total. The van der Waals surface area contributed by atoms with Crippen LogP contribution < -0.4 is 15.4 Å². The van der Waals surface area contributed by atoms with Gasteiger partial charge in [0, 0.05) is 37.3 Å². The van der Waals surface area contributed by atoms with E-state index in [9.17, 15) is 8.78 Å². The maximum Gasteiger partial charge on any atom is 0.228 e. The van der Waals surface area contributed by atoms with E-state index in [1.165, 1.54) is 0 Å². The molecule has 0 spiro atoms. The highest BCUT2D eigenvalue weighted by atomic mass is 19.2. The molecule has 3 aromatic heterocycles. The number of ether oxygens (including phenoxy) is 1. The Morgan fingerprint density at radius 2 is 1.79 bits per heavy atom. The van der Waals surface area contributed by atoms with Crippen molar-refractivity contribution in [2.75, 3.05) is 17.7 Å². The minimum atomic E-state index is -0.944. The number of hydrogen-bond acceptors (Lipinski definition) is 7. The summed E-state index contributed by atoms with van der Waals surface area (Å²) >= 11 is 0. The molecule has 0 aliphatic heterocycles. The molecule has 0 radical (unpaired) electrons. The second kappa shape index (κ2) is 8.74. The largest absolute Gasteiger partial charge is 0.438 e. The zero-order valence-corrected chi connectivity index (χ0v) is 18.2. The molecule has 0 amide bonds. The van der Waals surface area contributed by atoms with E-state index >= 15 is 0 Å². The number of benzene rings is 2. The lowest BCUT2D eigenvalue weighted by Crippen LogP contribution is -1.99. The molecule has 0 unspecified atom stereocenters. The summed E-state index contributed by atoms with van der Waals surface area (Å²) < 4.78 is 33.0. The van der Waals surface area contributed by atoms with E-state index in [-0.39, 0.29) is 0 Å². The monoisotopic (exact) mass is 459 g/mol. The summed E-state index contributed by atoms with van der Waals surface area (Å²) in [6.45, 7) is 1.90. The standard InChI is InChI=1S/C24H19F2N7O/c1-13-10-14(30-24-32-19-11-16(25)17(26)12-20(19)33-24)5-6-21(13)34-22-15(4-3-8-28-22)18-7-9-29-23(27-2)31-18/h3-12H,1-2H3,(H,27,29,31)(H2,30,32,33). The van der Waals surface area contributed by atoms with E-state index in [2.05, 4.69) is 35.6 Å². The number of rotatable bonds is 6. The van der Waals surface area contributed by atoms with Crippen LogP contribution in [0.1, 0.15) is 5.56 Å². The molecule has 0 fully saturated rings. The van der Waals surface area contributed by atoms with Crippen molar-refractivity contribution in [3.8, 4) is 22.9 Å². The predicted octanol–water partition coefficient (Wildman–Crippen LogP) is 5.58.